The van der Waals surface area contributed by atoms with E-state index in [1.807, 2.05) is 6.20 Å². The smallest absolute Gasteiger partial charge is 0.261 e. The van der Waals surface area contributed by atoms with E-state index >= 15 is 0 Å². The average Bonchev–Trinajstić information content (AvgIpc) is 3.07. The molecule has 1 unspecified atom stereocenters. The van der Waals surface area contributed by atoms with Crippen molar-refractivity contribution in [2.24, 2.45) is 4.99 Å². The highest BCUT2D eigenvalue weighted by Crippen LogP contribution is 2.39. The molecule has 0 aliphatic carbocycles. The second-order valence-electron chi connectivity index (χ2n) is 7.48. The number of aryl methyl sites for hydroxylation is 1. The molecule has 2 aromatic rings. The summed E-state index contributed by atoms with van der Waals surface area (Å²) in [6.07, 6.45) is 10.3. The normalized spacial score (nSPS) is 19.6. The number of aliphatic imine (C=N–C) groups is 1. The first-order valence-corrected chi connectivity index (χ1v) is 10.9. The summed E-state index contributed by atoms with van der Waals surface area (Å²) in [4.78, 5) is 19.2. The van der Waals surface area contributed by atoms with Crippen LogP contribution in [-0.2, 0) is 6.42 Å². The van der Waals surface area contributed by atoms with E-state index in [1.54, 1.807) is 11.3 Å². The maximum Gasteiger partial charge on any atom is 0.261 e. The molecule has 1 N–H and O–H groups in total. The second-order valence-corrected chi connectivity index (χ2v) is 8.53. The lowest BCUT2D eigenvalue weighted by atomic mass is 9.88. The van der Waals surface area contributed by atoms with Gasteiger partial charge < -0.3 is 5.32 Å². The number of carbonyl (C=O) groups excluding carboxylic acids is 1. The number of nitrogens with one attached hydrogen (secondary N) is 1. The number of thiophene rings is 1. The molecule has 4 heteroatoms. The molecule has 0 saturated carbocycles. The van der Waals surface area contributed by atoms with Crippen LogP contribution in [0.2, 0.25) is 0 Å². The zero-order chi connectivity index (χ0) is 19.5. The van der Waals surface area contributed by atoms with Crippen molar-refractivity contribution in [3.8, 4) is 0 Å². The topological polar surface area (TPSA) is 41.5 Å². The third-order valence-electron chi connectivity index (χ3n) is 5.53. The summed E-state index contributed by atoms with van der Waals surface area (Å²) in [6.45, 7) is 4.95. The summed E-state index contributed by atoms with van der Waals surface area (Å²) >= 11 is 1.59. The van der Waals surface area contributed by atoms with E-state index in [2.05, 4.69) is 66.6 Å². The standard InChI is InChI=1S/C24H26N2OS/c1-3-17-8-10-18(11-9-17)20-12-13-25-24(27)23-21(20)14-22(28-23)19-7-5-4-6-16(2)26-15-19/h5,7-11,14-15,20H,3-4,6,12-13H2,1-2H3,(H,25,27). The van der Waals surface area contributed by atoms with Crippen LogP contribution in [-0.4, -0.2) is 18.2 Å². The fraction of sp³-hybridized carbons (Fsp3) is 0.333. The lowest BCUT2D eigenvalue weighted by Crippen LogP contribution is -2.21. The maximum absolute atomic E-state index is 12.7. The van der Waals surface area contributed by atoms with Crippen LogP contribution in [0.25, 0.3) is 5.57 Å². The monoisotopic (exact) mass is 390 g/mol. The minimum absolute atomic E-state index is 0.0500. The summed E-state index contributed by atoms with van der Waals surface area (Å²) in [5.74, 6) is 0.294. The zero-order valence-electron chi connectivity index (χ0n) is 16.5. The number of allylic oxidation sites excluding steroid dienone is 3. The summed E-state index contributed by atoms with van der Waals surface area (Å²) in [5.41, 5.74) is 6.01. The van der Waals surface area contributed by atoms with Crippen molar-refractivity contribution in [2.45, 2.75) is 45.4 Å². The Morgan fingerprint density at radius 2 is 2.07 bits per heavy atom. The van der Waals surface area contributed by atoms with E-state index in [1.165, 1.54) is 11.1 Å². The quantitative estimate of drug-likeness (QED) is 0.715. The van der Waals surface area contributed by atoms with Crippen LogP contribution in [0.1, 0.15) is 70.3 Å². The minimum atomic E-state index is 0.0500. The fourth-order valence-electron chi connectivity index (χ4n) is 3.82. The van der Waals surface area contributed by atoms with Gasteiger partial charge in [-0.25, -0.2) is 0 Å². The van der Waals surface area contributed by atoms with Crippen molar-refractivity contribution >= 4 is 28.5 Å². The lowest BCUT2D eigenvalue weighted by molar-refractivity contribution is 0.0960. The first kappa shape index (κ1) is 18.9. The second kappa shape index (κ2) is 8.27. The Balaban J connectivity index is 1.76. The Kier molecular flexibility index (Phi) is 5.58. The number of hydrogen-bond acceptors (Lipinski definition) is 3. The Labute approximate surface area is 170 Å². The van der Waals surface area contributed by atoms with Gasteiger partial charge in [-0.15, -0.1) is 11.3 Å². The first-order chi connectivity index (χ1) is 13.7. The van der Waals surface area contributed by atoms with E-state index in [9.17, 15) is 4.79 Å². The van der Waals surface area contributed by atoms with Crippen LogP contribution in [0.5, 0.6) is 0 Å². The summed E-state index contributed by atoms with van der Waals surface area (Å²) in [5, 5.41) is 3.08. The van der Waals surface area contributed by atoms with E-state index in [0.29, 0.717) is 6.54 Å². The number of amides is 1. The SMILES string of the molecule is CCc1ccc(C2CCNC(=O)c3sc(C4=CN=C(C)CCC=C4)cc32)cc1. The van der Waals surface area contributed by atoms with Crippen LogP contribution in [0, 0.1) is 0 Å². The number of fused-ring (bicyclic) bond motifs is 1. The van der Waals surface area contributed by atoms with Gasteiger partial charge in [0, 0.05) is 34.8 Å². The molecule has 0 radical (unpaired) electrons. The highest BCUT2D eigenvalue weighted by atomic mass is 32.1. The van der Waals surface area contributed by atoms with Crippen LogP contribution in [0.4, 0.5) is 0 Å². The molecule has 1 aromatic heterocycles. The van der Waals surface area contributed by atoms with Crippen molar-refractivity contribution in [2.75, 3.05) is 6.54 Å². The molecule has 4 rings (SSSR count). The average molecular weight is 391 g/mol. The predicted octanol–water partition coefficient (Wildman–Crippen LogP) is 5.73. The molecular weight excluding hydrogens is 364 g/mol. The highest BCUT2D eigenvalue weighted by Gasteiger charge is 2.27. The van der Waals surface area contributed by atoms with Gasteiger partial charge >= 0.3 is 0 Å². The Hall–Kier alpha value is -2.46. The van der Waals surface area contributed by atoms with Gasteiger partial charge in [0.15, 0.2) is 0 Å². The van der Waals surface area contributed by atoms with Crippen LogP contribution in [0.3, 0.4) is 0 Å². The van der Waals surface area contributed by atoms with Gasteiger partial charge in [0.2, 0.25) is 0 Å². The van der Waals surface area contributed by atoms with Gasteiger partial charge in [0.1, 0.15) is 0 Å². The molecule has 0 saturated heterocycles. The predicted molar refractivity (Wildman–Crippen MR) is 118 cm³/mol. The number of rotatable bonds is 3. The van der Waals surface area contributed by atoms with Gasteiger partial charge in [0.25, 0.3) is 5.91 Å². The van der Waals surface area contributed by atoms with Crippen molar-refractivity contribution in [3.05, 3.63) is 75.1 Å². The minimum Gasteiger partial charge on any atom is -0.351 e. The van der Waals surface area contributed by atoms with E-state index in [-0.39, 0.29) is 11.8 Å². The van der Waals surface area contributed by atoms with Crippen LogP contribution >= 0.6 is 11.3 Å². The Morgan fingerprint density at radius 1 is 1.25 bits per heavy atom. The molecule has 144 valence electrons. The molecule has 2 aliphatic heterocycles. The van der Waals surface area contributed by atoms with Gasteiger partial charge in [0.05, 0.1) is 4.88 Å². The number of hydrogen-bond donors (Lipinski definition) is 1. The maximum atomic E-state index is 12.7. The molecule has 2 aliphatic rings. The van der Waals surface area contributed by atoms with E-state index in [4.69, 9.17) is 0 Å². The highest BCUT2D eigenvalue weighted by molar-refractivity contribution is 7.15. The first-order valence-electron chi connectivity index (χ1n) is 10.1. The van der Waals surface area contributed by atoms with Crippen molar-refractivity contribution in [3.63, 3.8) is 0 Å². The van der Waals surface area contributed by atoms with Crippen LogP contribution < -0.4 is 5.32 Å². The Bertz CT molecular complexity index is 963. The van der Waals surface area contributed by atoms with E-state index in [0.717, 1.165) is 52.3 Å². The van der Waals surface area contributed by atoms with Gasteiger partial charge in [-0.3, -0.25) is 9.79 Å². The molecule has 0 bridgehead atoms. The zero-order valence-corrected chi connectivity index (χ0v) is 17.3. The molecule has 0 spiro atoms. The number of benzene rings is 1. The van der Waals surface area contributed by atoms with Crippen LogP contribution in [0.15, 0.2) is 53.7 Å². The lowest BCUT2D eigenvalue weighted by Gasteiger charge is -2.15. The molecular formula is C24H26N2OS. The third-order valence-corrected chi connectivity index (χ3v) is 6.73. The summed E-state index contributed by atoms with van der Waals surface area (Å²) < 4.78 is 0. The molecule has 3 heterocycles. The summed E-state index contributed by atoms with van der Waals surface area (Å²) in [7, 11) is 0. The molecule has 1 amide bonds. The van der Waals surface area contributed by atoms with Crippen molar-refractivity contribution in [1.29, 1.82) is 0 Å². The fourth-order valence-corrected chi connectivity index (χ4v) is 4.95. The molecule has 3 nitrogen and oxygen atoms in total. The number of nitrogens with zero attached hydrogens (tertiary/aromatic N) is 1. The van der Waals surface area contributed by atoms with E-state index < -0.39 is 0 Å². The van der Waals surface area contributed by atoms with Crippen molar-refractivity contribution < 1.29 is 4.79 Å². The van der Waals surface area contributed by atoms with Crippen molar-refractivity contribution in [1.82, 2.24) is 5.32 Å². The Morgan fingerprint density at radius 3 is 2.86 bits per heavy atom. The molecule has 28 heavy (non-hydrogen) atoms. The molecule has 0 fully saturated rings. The number of carbonyl (C=O) groups is 1. The van der Waals surface area contributed by atoms with Gasteiger partial charge in [-0.1, -0.05) is 43.3 Å². The van der Waals surface area contributed by atoms with Gasteiger partial charge in [-0.2, -0.15) is 0 Å². The molecule has 1 atom stereocenters. The molecule has 1 aromatic carbocycles. The summed E-state index contributed by atoms with van der Waals surface area (Å²) in [6, 6.07) is 11.1. The largest absolute Gasteiger partial charge is 0.351 e. The third kappa shape index (κ3) is 3.88. The van der Waals surface area contributed by atoms with Gasteiger partial charge in [-0.05, 0) is 55.4 Å².